The van der Waals surface area contributed by atoms with Crippen molar-refractivity contribution in [2.24, 2.45) is 0 Å². The minimum absolute atomic E-state index is 0.192. The number of nitrogens with one attached hydrogen (secondary N) is 1. The average molecular weight is 473 g/mol. The number of pyridine rings is 2. The summed E-state index contributed by atoms with van der Waals surface area (Å²) in [5.41, 5.74) is 0.135. The van der Waals surface area contributed by atoms with E-state index in [0.29, 0.717) is 17.6 Å². The highest BCUT2D eigenvalue weighted by atomic mass is 19.4. The molecule has 1 atom stereocenters. The maximum Gasteiger partial charge on any atom is 0.478 e. The Balaban J connectivity index is 1.64. The number of rotatable bonds is 5. The molecule has 0 fully saturated rings. The molecule has 0 aromatic carbocycles. The van der Waals surface area contributed by atoms with Gasteiger partial charge in [-0.3, -0.25) is 4.79 Å². The van der Waals surface area contributed by atoms with Crippen LogP contribution < -0.4 is 10.0 Å². The van der Waals surface area contributed by atoms with Crippen LogP contribution >= 0.6 is 0 Å². The van der Waals surface area contributed by atoms with Crippen LogP contribution in [0.1, 0.15) is 53.1 Å². The van der Waals surface area contributed by atoms with E-state index in [2.05, 4.69) is 15.4 Å². The molecule has 0 saturated carbocycles. The molecule has 3 heterocycles. The molecule has 0 radical (unpaired) electrons. The number of hydrogen-bond donors (Lipinski definition) is 1. The number of carbonyl (C=O) groups excluding carboxylic acids is 1. The summed E-state index contributed by atoms with van der Waals surface area (Å²) in [6, 6.07) is 3.67. The second kappa shape index (κ2) is 9.08. The van der Waals surface area contributed by atoms with Crippen molar-refractivity contribution in [1.29, 1.82) is 0 Å². The van der Waals surface area contributed by atoms with Crippen LogP contribution in [0.3, 0.4) is 0 Å². The molecule has 1 aliphatic carbocycles. The second-order valence-electron chi connectivity index (χ2n) is 7.68. The van der Waals surface area contributed by atoms with E-state index in [1.807, 2.05) is 18.2 Å². The molecule has 4 rings (SSSR count). The molecule has 3 aromatic heterocycles. The maximum atomic E-state index is 13.3. The molecule has 1 amide bonds. The van der Waals surface area contributed by atoms with Crippen LogP contribution in [0, 0.1) is 11.0 Å². The Morgan fingerprint density at radius 2 is 2.03 bits per heavy atom. The first-order valence-corrected chi connectivity index (χ1v) is 10.3. The zero-order valence-corrected chi connectivity index (χ0v) is 17.9. The first kappa shape index (κ1) is 23.1. The summed E-state index contributed by atoms with van der Waals surface area (Å²) >= 11 is 0. The third-order valence-corrected chi connectivity index (χ3v) is 5.25. The van der Waals surface area contributed by atoms with Gasteiger partial charge in [-0.1, -0.05) is 18.2 Å². The number of hydrogen-bond acceptors (Lipinski definition) is 4. The summed E-state index contributed by atoms with van der Waals surface area (Å²) in [6.07, 6.45) is 5.81. The predicted molar refractivity (Wildman–Crippen MR) is 114 cm³/mol. The molecule has 11 heteroatoms. The van der Waals surface area contributed by atoms with Gasteiger partial charge in [0.1, 0.15) is 11.5 Å². The van der Waals surface area contributed by atoms with E-state index in [-0.39, 0.29) is 15.9 Å². The Bertz CT molecular complexity index is 1280. The van der Waals surface area contributed by atoms with Gasteiger partial charge in [0.05, 0.1) is 17.8 Å². The zero-order valence-electron chi connectivity index (χ0n) is 17.9. The lowest BCUT2D eigenvalue weighted by Gasteiger charge is -2.15. The van der Waals surface area contributed by atoms with Crippen molar-refractivity contribution in [3.63, 3.8) is 0 Å². The van der Waals surface area contributed by atoms with E-state index in [9.17, 15) is 27.6 Å². The third-order valence-electron chi connectivity index (χ3n) is 5.25. The topological polar surface area (TPSA) is 86.8 Å². The number of alkyl halides is 3. The van der Waals surface area contributed by atoms with Crippen molar-refractivity contribution in [2.75, 3.05) is 0 Å². The summed E-state index contributed by atoms with van der Waals surface area (Å²) < 4.78 is 52.9. The highest BCUT2D eigenvalue weighted by molar-refractivity contribution is 5.99. The summed E-state index contributed by atoms with van der Waals surface area (Å²) in [6.45, 7) is 1.55. The summed E-state index contributed by atoms with van der Waals surface area (Å²) in [5, 5.41) is 19.0. The molecule has 1 N–H and O–H groups in total. The summed E-state index contributed by atoms with van der Waals surface area (Å²) in [7, 11) is 0. The van der Waals surface area contributed by atoms with Gasteiger partial charge < -0.3 is 10.5 Å². The smallest absolute Gasteiger partial charge is 0.478 e. The standard InChI is InChI=1S/C23H19F4N5O2/c1-14(16-7-9-19(23(25,26)27)32(34)12-16)29-22(33)18-13-31(20-10-8-17(24)11-28-20)30-21(18)15-5-3-2-4-6-15/h3,5-14H,2,4H2,1H3,(H,29,33). The van der Waals surface area contributed by atoms with Crippen LogP contribution in [-0.4, -0.2) is 20.7 Å². The highest BCUT2D eigenvalue weighted by Crippen LogP contribution is 2.28. The fourth-order valence-corrected chi connectivity index (χ4v) is 3.49. The van der Waals surface area contributed by atoms with Crippen molar-refractivity contribution in [1.82, 2.24) is 20.1 Å². The number of amides is 1. The van der Waals surface area contributed by atoms with Crippen LogP contribution in [0.2, 0.25) is 0 Å². The zero-order chi connectivity index (χ0) is 24.5. The van der Waals surface area contributed by atoms with E-state index in [4.69, 9.17) is 0 Å². The molecular weight excluding hydrogens is 454 g/mol. The van der Waals surface area contributed by atoms with Gasteiger partial charge >= 0.3 is 6.18 Å². The molecule has 176 valence electrons. The van der Waals surface area contributed by atoms with Crippen LogP contribution in [0.4, 0.5) is 17.6 Å². The van der Waals surface area contributed by atoms with Gasteiger partial charge in [0.25, 0.3) is 11.6 Å². The van der Waals surface area contributed by atoms with Gasteiger partial charge in [-0.2, -0.15) is 23.0 Å². The summed E-state index contributed by atoms with van der Waals surface area (Å²) in [4.78, 5) is 17.1. The fourth-order valence-electron chi connectivity index (χ4n) is 3.49. The van der Waals surface area contributed by atoms with Crippen molar-refractivity contribution in [3.8, 4) is 5.82 Å². The molecule has 34 heavy (non-hydrogen) atoms. The molecule has 0 aliphatic heterocycles. The first-order valence-electron chi connectivity index (χ1n) is 10.3. The van der Waals surface area contributed by atoms with Gasteiger partial charge in [0.15, 0.2) is 12.0 Å². The maximum absolute atomic E-state index is 13.3. The lowest BCUT2D eigenvalue weighted by atomic mass is 10.0. The Morgan fingerprint density at radius 1 is 1.24 bits per heavy atom. The Kier molecular flexibility index (Phi) is 6.18. The fraction of sp³-hybridized carbons (Fsp3) is 0.217. The van der Waals surface area contributed by atoms with Gasteiger partial charge in [-0.15, -0.1) is 0 Å². The second-order valence-corrected chi connectivity index (χ2v) is 7.68. The first-order chi connectivity index (χ1) is 16.1. The Morgan fingerprint density at radius 3 is 2.65 bits per heavy atom. The van der Waals surface area contributed by atoms with Crippen LogP contribution in [-0.2, 0) is 6.18 Å². The van der Waals surface area contributed by atoms with Gasteiger partial charge in [0, 0.05) is 17.8 Å². The monoisotopic (exact) mass is 473 g/mol. The molecule has 0 spiro atoms. The van der Waals surface area contributed by atoms with E-state index < -0.39 is 29.6 Å². The lowest BCUT2D eigenvalue weighted by molar-refractivity contribution is -0.629. The number of nitrogens with zero attached hydrogens (tertiary/aromatic N) is 4. The van der Waals surface area contributed by atoms with Crippen molar-refractivity contribution in [2.45, 2.75) is 32.0 Å². The van der Waals surface area contributed by atoms with Gasteiger partial charge in [0.2, 0.25) is 0 Å². The SMILES string of the molecule is CC(NC(=O)c1cn(-c2ccc(F)cn2)nc1C1=CCCC=C1)c1ccc(C(F)(F)F)[n+]([O-])c1. The van der Waals surface area contributed by atoms with Crippen molar-refractivity contribution >= 4 is 11.5 Å². The van der Waals surface area contributed by atoms with Gasteiger partial charge in [-0.05, 0) is 43.5 Å². The van der Waals surface area contributed by atoms with Crippen LogP contribution in [0.15, 0.2) is 61.1 Å². The van der Waals surface area contributed by atoms with E-state index >= 15 is 0 Å². The molecule has 7 nitrogen and oxygen atoms in total. The minimum Gasteiger partial charge on any atom is -0.618 e. The van der Waals surface area contributed by atoms with Crippen LogP contribution in [0.25, 0.3) is 11.4 Å². The highest BCUT2D eigenvalue weighted by Gasteiger charge is 2.39. The molecule has 0 saturated heterocycles. The molecule has 0 bridgehead atoms. The number of carbonyl (C=O) groups is 1. The third kappa shape index (κ3) is 4.82. The normalized spacial score (nSPS) is 14.6. The number of allylic oxidation sites excluding steroid dienone is 4. The molecule has 3 aromatic rings. The van der Waals surface area contributed by atoms with Crippen LogP contribution in [0.5, 0.6) is 0 Å². The largest absolute Gasteiger partial charge is 0.618 e. The lowest BCUT2D eigenvalue weighted by Crippen LogP contribution is -2.38. The van der Waals surface area contributed by atoms with Crippen molar-refractivity contribution < 1.29 is 27.1 Å². The average Bonchev–Trinajstić information content (AvgIpc) is 3.25. The van der Waals surface area contributed by atoms with Crippen molar-refractivity contribution in [3.05, 3.63) is 94.6 Å². The molecule has 1 unspecified atom stereocenters. The molecular formula is C23H19F4N5O2. The van der Waals surface area contributed by atoms with E-state index in [0.717, 1.165) is 36.9 Å². The molecule has 1 aliphatic rings. The Labute approximate surface area is 191 Å². The van der Waals surface area contributed by atoms with E-state index in [1.54, 1.807) is 6.92 Å². The number of halogens is 4. The minimum atomic E-state index is -4.79. The van der Waals surface area contributed by atoms with E-state index in [1.165, 1.54) is 23.0 Å². The predicted octanol–water partition coefficient (Wildman–Crippen LogP) is 4.28. The quantitative estimate of drug-likeness (QED) is 0.340. The summed E-state index contributed by atoms with van der Waals surface area (Å²) in [5.74, 6) is -0.772. The Hall–Kier alpha value is -4.02. The van der Waals surface area contributed by atoms with Gasteiger partial charge in [-0.25, -0.2) is 14.1 Å². The number of aromatic nitrogens is 4.